The minimum atomic E-state index is -0.598. The van der Waals surface area contributed by atoms with Gasteiger partial charge in [-0.05, 0) is 43.5 Å². The summed E-state index contributed by atoms with van der Waals surface area (Å²) in [5.74, 6) is -1.20. The smallest absolute Gasteiger partial charge is 0.275 e. The van der Waals surface area contributed by atoms with Gasteiger partial charge in [-0.2, -0.15) is 0 Å². The summed E-state index contributed by atoms with van der Waals surface area (Å²) in [6, 6.07) is 8.87. The molecule has 2 N–H and O–H groups in total. The Balaban J connectivity index is 1.56. The number of fused-ring (bicyclic) bond motifs is 1. The lowest BCUT2D eigenvalue weighted by atomic mass is 10.0. The Labute approximate surface area is 165 Å². The fourth-order valence-corrected chi connectivity index (χ4v) is 4.13. The summed E-state index contributed by atoms with van der Waals surface area (Å²) in [5.41, 5.74) is 4.80. The molecule has 2 amide bonds. The molecule has 0 unspecified atom stereocenters. The molecule has 2 heterocycles. The second kappa shape index (κ2) is 7.16. The van der Waals surface area contributed by atoms with E-state index in [9.17, 15) is 14.0 Å². The maximum atomic E-state index is 14.4. The van der Waals surface area contributed by atoms with E-state index < -0.39 is 11.7 Å². The number of hydrogen-bond acceptors (Lipinski definition) is 4. The van der Waals surface area contributed by atoms with Gasteiger partial charge in [-0.15, -0.1) is 11.3 Å². The molecular weight excluding hydrogens is 377 g/mol. The zero-order valence-corrected chi connectivity index (χ0v) is 16.2. The Hall–Kier alpha value is -3.06. The SMILES string of the molecule is Cc1ccc(-c2nc(C(=O)Nc3cc4c(cc3F)NC(=O)CC4)cs2)c(C)c1. The van der Waals surface area contributed by atoms with Gasteiger partial charge in [0.1, 0.15) is 16.5 Å². The first-order chi connectivity index (χ1) is 13.4. The van der Waals surface area contributed by atoms with Gasteiger partial charge in [-0.25, -0.2) is 9.37 Å². The van der Waals surface area contributed by atoms with Gasteiger partial charge in [0.2, 0.25) is 5.91 Å². The van der Waals surface area contributed by atoms with E-state index in [0.717, 1.165) is 27.3 Å². The minimum Gasteiger partial charge on any atom is -0.326 e. The van der Waals surface area contributed by atoms with E-state index in [0.29, 0.717) is 18.5 Å². The van der Waals surface area contributed by atoms with Gasteiger partial charge in [-0.3, -0.25) is 9.59 Å². The Morgan fingerprint density at radius 1 is 1.21 bits per heavy atom. The first-order valence-electron chi connectivity index (χ1n) is 8.87. The molecular formula is C21H18FN3O2S. The lowest BCUT2D eigenvalue weighted by Crippen LogP contribution is -2.20. The average Bonchev–Trinajstić information content (AvgIpc) is 3.12. The number of rotatable bonds is 3. The van der Waals surface area contributed by atoms with Crippen LogP contribution in [-0.4, -0.2) is 16.8 Å². The molecule has 28 heavy (non-hydrogen) atoms. The molecule has 0 fully saturated rings. The molecule has 0 radical (unpaired) electrons. The molecule has 0 spiro atoms. The van der Waals surface area contributed by atoms with E-state index in [1.807, 2.05) is 26.0 Å². The molecule has 3 aromatic rings. The molecule has 1 aliphatic rings. The van der Waals surface area contributed by atoms with Crippen LogP contribution in [0.1, 0.15) is 33.6 Å². The molecule has 0 aliphatic carbocycles. The van der Waals surface area contributed by atoms with E-state index in [1.165, 1.54) is 17.4 Å². The maximum absolute atomic E-state index is 14.4. The van der Waals surface area contributed by atoms with Gasteiger partial charge < -0.3 is 10.6 Å². The maximum Gasteiger partial charge on any atom is 0.275 e. The van der Waals surface area contributed by atoms with E-state index in [4.69, 9.17) is 0 Å². The lowest BCUT2D eigenvalue weighted by Gasteiger charge is -2.18. The molecule has 142 valence electrons. The normalized spacial score (nSPS) is 13.0. The van der Waals surface area contributed by atoms with Crippen LogP contribution in [0.15, 0.2) is 35.7 Å². The molecule has 1 aliphatic heterocycles. The van der Waals surface area contributed by atoms with Gasteiger partial charge in [0, 0.05) is 23.1 Å². The first-order valence-corrected chi connectivity index (χ1v) is 9.75. The average molecular weight is 395 g/mol. The van der Waals surface area contributed by atoms with Gasteiger partial charge in [0.15, 0.2) is 0 Å². The monoisotopic (exact) mass is 395 g/mol. The summed E-state index contributed by atoms with van der Waals surface area (Å²) in [6.45, 7) is 4.03. The summed E-state index contributed by atoms with van der Waals surface area (Å²) in [4.78, 5) is 28.4. The number of aryl methyl sites for hydroxylation is 3. The van der Waals surface area contributed by atoms with Crippen LogP contribution >= 0.6 is 11.3 Å². The summed E-state index contributed by atoms with van der Waals surface area (Å²) in [6.07, 6.45) is 0.856. The summed E-state index contributed by atoms with van der Waals surface area (Å²) >= 11 is 1.38. The lowest BCUT2D eigenvalue weighted by molar-refractivity contribution is -0.116. The molecule has 2 aromatic carbocycles. The molecule has 5 nitrogen and oxygen atoms in total. The number of carbonyl (C=O) groups excluding carboxylic acids is 2. The Morgan fingerprint density at radius 3 is 2.82 bits per heavy atom. The van der Waals surface area contributed by atoms with Crippen LogP contribution in [-0.2, 0) is 11.2 Å². The molecule has 0 atom stereocenters. The van der Waals surface area contributed by atoms with Crippen molar-refractivity contribution in [3.8, 4) is 10.6 Å². The van der Waals surface area contributed by atoms with Crippen molar-refractivity contribution < 1.29 is 14.0 Å². The van der Waals surface area contributed by atoms with Crippen molar-refractivity contribution >= 4 is 34.5 Å². The number of amides is 2. The summed E-state index contributed by atoms with van der Waals surface area (Å²) in [5, 5.41) is 7.65. The standard InChI is InChI=1S/C21H18FN3O2S/c1-11-3-5-14(12(2)7-11)21-25-18(10-28-21)20(27)24-17-8-13-4-6-19(26)23-16(13)9-15(17)22/h3,5,7-10H,4,6H2,1-2H3,(H,23,26)(H,24,27). The quantitative estimate of drug-likeness (QED) is 0.675. The van der Waals surface area contributed by atoms with Crippen molar-refractivity contribution in [3.63, 3.8) is 0 Å². The first kappa shape index (κ1) is 18.3. The zero-order chi connectivity index (χ0) is 19.8. The third kappa shape index (κ3) is 3.53. The van der Waals surface area contributed by atoms with E-state index in [2.05, 4.69) is 21.7 Å². The highest BCUT2D eigenvalue weighted by atomic mass is 32.1. The number of hydrogen-bond donors (Lipinski definition) is 2. The molecule has 4 rings (SSSR count). The largest absolute Gasteiger partial charge is 0.326 e. The van der Waals surface area contributed by atoms with E-state index in [-0.39, 0.29) is 17.3 Å². The second-order valence-corrected chi connectivity index (χ2v) is 7.71. The van der Waals surface area contributed by atoms with Crippen molar-refractivity contribution in [2.75, 3.05) is 10.6 Å². The van der Waals surface area contributed by atoms with Crippen molar-refractivity contribution in [2.24, 2.45) is 0 Å². The topological polar surface area (TPSA) is 71.1 Å². The predicted octanol–water partition coefficient (Wildman–Crippen LogP) is 4.70. The molecule has 7 heteroatoms. The minimum absolute atomic E-state index is 0.0842. The van der Waals surface area contributed by atoms with Gasteiger partial charge in [0.25, 0.3) is 5.91 Å². The molecule has 0 saturated heterocycles. The highest BCUT2D eigenvalue weighted by molar-refractivity contribution is 7.13. The fourth-order valence-electron chi connectivity index (χ4n) is 3.24. The van der Waals surface area contributed by atoms with Gasteiger partial charge in [-0.1, -0.05) is 23.8 Å². The molecule has 0 saturated carbocycles. The van der Waals surface area contributed by atoms with Crippen molar-refractivity contribution in [1.29, 1.82) is 0 Å². The van der Waals surface area contributed by atoms with Crippen LogP contribution < -0.4 is 10.6 Å². The number of carbonyl (C=O) groups is 2. The third-order valence-electron chi connectivity index (χ3n) is 4.69. The zero-order valence-electron chi connectivity index (χ0n) is 15.4. The van der Waals surface area contributed by atoms with Crippen molar-refractivity contribution in [3.05, 3.63) is 63.9 Å². The van der Waals surface area contributed by atoms with Crippen LogP contribution in [0.4, 0.5) is 15.8 Å². The van der Waals surface area contributed by atoms with Crippen LogP contribution in [0.25, 0.3) is 10.6 Å². The van der Waals surface area contributed by atoms with Crippen molar-refractivity contribution in [2.45, 2.75) is 26.7 Å². The summed E-state index contributed by atoms with van der Waals surface area (Å²) < 4.78 is 14.4. The Morgan fingerprint density at radius 2 is 2.04 bits per heavy atom. The number of nitrogens with zero attached hydrogens (tertiary/aromatic N) is 1. The van der Waals surface area contributed by atoms with E-state index >= 15 is 0 Å². The summed E-state index contributed by atoms with van der Waals surface area (Å²) in [7, 11) is 0. The number of halogens is 1. The van der Waals surface area contributed by atoms with E-state index in [1.54, 1.807) is 11.4 Å². The third-order valence-corrected chi connectivity index (χ3v) is 5.56. The highest BCUT2D eigenvalue weighted by Crippen LogP contribution is 2.30. The molecule has 1 aromatic heterocycles. The number of anilines is 2. The van der Waals surface area contributed by atoms with Crippen LogP contribution in [0, 0.1) is 19.7 Å². The molecule has 0 bridgehead atoms. The van der Waals surface area contributed by atoms with Crippen LogP contribution in [0.5, 0.6) is 0 Å². The number of thiazole rings is 1. The van der Waals surface area contributed by atoms with Crippen molar-refractivity contribution in [1.82, 2.24) is 4.98 Å². The van der Waals surface area contributed by atoms with Gasteiger partial charge >= 0.3 is 0 Å². The highest BCUT2D eigenvalue weighted by Gasteiger charge is 2.20. The van der Waals surface area contributed by atoms with Crippen LogP contribution in [0.3, 0.4) is 0 Å². The Bertz CT molecular complexity index is 1110. The predicted molar refractivity (Wildman–Crippen MR) is 108 cm³/mol. The second-order valence-electron chi connectivity index (χ2n) is 6.85. The number of benzene rings is 2. The number of aromatic nitrogens is 1. The van der Waals surface area contributed by atoms with Gasteiger partial charge in [0.05, 0.1) is 5.69 Å². The Kier molecular flexibility index (Phi) is 4.68. The van der Waals surface area contributed by atoms with Crippen LogP contribution in [0.2, 0.25) is 0 Å². The number of nitrogens with one attached hydrogen (secondary N) is 2. The fraction of sp³-hybridized carbons (Fsp3) is 0.190.